The van der Waals surface area contributed by atoms with Crippen LogP contribution in [-0.4, -0.2) is 24.5 Å². The quantitative estimate of drug-likeness (QED) is 0.531. The van der Waals surface area contributed by atoms with Gasteiger partial charge in [0.15, 0.2) is 5.96 Å². The molecule has 5 nitrogen and oxygen atoms in total. The lowest BCUT2D eigenvalue weighted by molar-refractivity contribution is -0.116. The zero-order chi connectivity index (χ0) is 17.5. The minimum atomic E-state index is 0.0587. The summed E-state index contributed by atoms with van der Waals surface area (Å²) < 4.78 is 0. The molecule has 0 saturated heterocycles. The Hall–Kier alpha value is -2.04. The predicted octanol–water partition coefficient (Wildman–Crippen LogP) is 3.13. The first-order chi connectivity index (χ1) is 11.5. The van der Waals surface area contributed by atoms with Crippen LogP contribution >= 0.6 is 0 Å². The Bertz CT molecular complexity index is 582. The molecule has 2 atom stereocenters. The van der Waals surface area contributed by atoms with Crippen molar-refractivity contribution in [3.8, 4) is 0 Å². The molecule has 2 unspecified atom stereocenters. The Morgan fingerprint density at radius 3 is 2.75 bits per heavy atom. The van der Waals surface area contributed by atoms with Crippen molar-refractivity contribution in [3.05, 3.63) is 29.8 Å². The Labute approximate surface area is 145 Å². The largest absolute Gasteiger partial charge is 0.357 e. The number of amides is 1. The number of guanidine groups is 1. The van der Waals surface area contributed by atoms with Crippen LogP contribution in [0.1, 0.15) is 46.1 Å². The summed E-state index contributed by atoms with van der Waals surface area (Å²) in [4.78, 5) is 16.5. The van der Waals surface area contributed by atoms with Crippen LogP contribution in [-0.2, 0) is 11.3 Å². The zero-order valence-electron chi connectivity index (χ0n) is 15.2. The first-order valence-electron chi connectivity index (χ1n) is 8.91. The first-order valence-corrected chi connectivity index (χ1v) is 8.91. The maximum atomic E-state index is 11.9. The minimum absolute atomic E-state index is 0.0587. The molecule has 24 heavy (non-hydrogen) atoms. The van der Waals surface area contributed by atoms with E-state index in [4.69, 9.17) is 0 Å². The fourth-order valence-corrected chi connectivity index (χ4v) is 2.52. The van der Waals surface area contributed by atoms with Crippen molar-refractivity contribution in [1.29, 1.82) is 0 Å². The molecule has 132 valence electrons. The SMILES string of the molecule is CCNC(=NCc1cccc(NC(=O)CC(C)C)c1)NC1CC1C. The van der Waals surface area contributed by atoms with E-state index in [1.54, 1.807) is 0 Å². The van der Waals surface area contributed by atoms with Crippen LogP contribution in [0.3, 0.4) is 0 Å². The summed E-state index contributed by atoms with van der Waals surface area (Å²) in [5.41, 5.74) is 1.92. The number of carbonyl (C=O) groups is 1. The van der Waals surface area contributed by atoms with Crippen LogP contribution in [0.4, 0.5) is 5.69 Å². The van der Waals surface area contributed by atoms with E-state index in [1.807, 2.05) is 38.1 Å². The summed E-state index contributed by atoms with van der Waals surface area (Å²) in [6, 6.07) is 8.44. The number of benzene rings is 1. The van der Waals surface area contributed by atoms with Crippen molar-refractivity contribution in [2.75, 3.05) is 11.9 Å². The van der Waals surface area contributed by atoms with E-state index in [2.05, 4.69) is 34.8 Å². The van der Waals surface area contributed by atoms with Crippen LogP contribution in [0.25, 0.3) is 0 Å². The van der Waals surface area contributed by atoms with E-state index >= 15 is 0 Å². The Balaban J connectivity index is 1.94. The molecule has 1 aliphatic carbocycles. The van der Waals surface area contributed by atoms with Gasteiger partial charge >= 0.3 is 0 Å². The van der Waals surface area contributed by atoms with Gasteiger partial charge in [0.1, 0.15) is 0 Å². The highest BCUT2D eigenvalue weighted by Gasteiger charge is 2.33. The van der Waals surface area contributed by atoms with E-state index in [0.717, 1.165) is 29.7 Å². The molecule has 1 fully saturated rings. The molecule has 1 aliphatic rings. The molecule has 1 amide bonds. The van der Waals surface area contributed by atoms with Crippen LogP contribution in [0.15, 0.2) is 29.3 Å². The zero-order valence-corrected chi connectivity index (χ0v) is 15.2. The number of nitrogens with zero attached hydrogens (tertiary/aromatic N) is 1. The first kappa shape index (κ1) is 18.3. The summed E-state index contributed by atoms with van der Waals surface area (Å²) in [5, 5.41) is 9.69. The third-order valence-electron chi connectivity index (χ3n) is 4.00. The average Bonchev–Trinajstić information content (AvgIpc) is 3.19. The van der Waals surface area contributed by atoms with E-state index in [-0.39, 0.29) is 5.91 Å². The number of carbonyl (C=O) groups excluding carboxylic acids is 1. The average molecular weight is 330 g/mol. The van der Waals surface area contributed by atoms with Crippen molar-refractivity contribution in [1.82, 2.24) is 10.6 Å². The second-order valence-electron chi connectivity index (χ2n) is 7.01. The Kier molecular flexibility index (Phi) is 6.64. The highest BCUT2D eigenvalue weighted by atomic mass is 16.1. The maximum Gasteiger partial charge on any atom is 0.224 e. The summed E-state index contributed by atoms with van der Waals surface area (Å²) in [5.74, 6) is 2.01. The maximum absolute atomic E-state index is 11.9. The Morgan fingerprint density at radius 2 is 2.12 bits per heavy atom. The molecule has 0 radical (unpaired) electrons. The highest BCUT2D eigenvalue weighted by molar-refractivity contribution is 5.90. The molecule has 0 aliphatic heterocycles. The topological polar surface area (TPSA) is 65.5 Å². The van der Waals surface area contributed by atoms with E-state index in [9.17, 15) is 4.79 Å². The number of hydrogen-bond acceptors (Lipinski definition) is 2. The standard InChI is InChI=1S/C19H30N4O/c1-5-20-19(23-17-10-14(17)4)21-12-15-7-6-8-16(11-15)22-18(24)9-13(2)3/h6-8,11,13-14,17H,5,9-10,12H2,1-4H3,(H,22,24)(H2,20,21,23). The van der Waals surface area contributed by atoms with Crippen molar-refractivity contribution >= 4 is 17.6 Å². The van der Waals surface area contributed by atoms with Gasteiger partial charge in [0.2, 0.25) is 5.91 Å². The van der Waals surface area contributed by atoms with Gasteiger partial charge in [-0.3, -0.25) is 4.79 Å². The smallest absolute Gasteiger partial charge is 0.224 e. The molecular weight excluding hydrogens is 300 g/mol. The van der Waals surface area contributed by atoms with Crippen LogP contribution in [0, 0.1) is 11.8 Å². The van der Waals surface area contributed by atoms with E-state index in [0.29, 0.717) is 24.9 Å². The number of anilines is 1. The third-order valence-corrected chi connectivity index (χ3v) is 4.00. The summed E-state index contributed by atoms with van der Waals surface area (Å²) in [6.07, 6.45) is 1.75. The van der Waals surface area contributed by atoms with Gasteiger partial charge in [-0.05, 0) is 42.9 Å². The van der Waals surface area contributed by atoms with E-state index < -0.39 is 0 Å². The predicted molar refractivity (Wildman–Crippen MR) is 100 cm³/mol. The Morgan fingerprint density at radius 1 is 1.38 bits per heavy atom. The molecule has 5 heteroatoms. The van der Waals surface area contributed by atoms with Crippen molar-refractivity contribution in [2.24, 2.45) is 16.8 Å². The highest BCUT2D eigenvalue weighted by Crippen LogP contribution is 2.28. The van der Waals surface area contributed by atoms with Gasteiger partial charge in [-0.15, -0.1) is 0 Å². The summed E-state index contributed by atoms with van der Waals surface area (Å²) in [7, 11) is 0. The van der Waals surface area contributed by atoms with Gasteiger partial charge in [0, 0.05) is 24.7 Å². The lowest BCUT2D eigenvalue weighted by Crippen LogP contribution is -2.39. The molecule has 3 N–H and O–H groups in total. The third kappa shape index (κ3) is 6.22. The number of hydrogen-bond donors (Lipinski definition) is 3. The van der Waals surface area contributed by atoms with Gasteiger partial charge < -0.3 is 16.0 Å². The monoisotopic (exact) mass is 330 g/mol. The second-order valence-corrected chi connectivity index (χ2v) is 7.01. The molecule has 2 rings (SSSR count). The number of rotatable bonds is 7. The number of nitrogens with one attached hydrogen (secondary N) is 3. The normalized spacial score (nSPS) is 20.0. The van der Waals surface area contributed by atoms with Crippen molar-refractivity contribution in [2.45, 2.75) is 53.1 Å². The molecule has 1 aromatic carbocycles. The summed E-state index contributed by atoms with van der Waals surface area (Å²) in [6.45, 7) is 9.83. The molecule has 1 saturated carbocycles. The van der Waals surface area contributed by atoms with Crippen molar-refractivity contribution in [3.63, 3.8) is 0 Å². The van der Waals surface area contributed by atoms with Crippen LogP contribution < -0.4 is 16.0 Å². The van der Waals surface area contributed by atoms with Gasteiger partial charge in [-0.25, -0.2) is 4.99 Å². The molecule has 1 aromatic rings. The van der Waals surface area contributed by atoms with Gasteiger partial charge in [0.05, 0.1) is 6.54 Å². The molecule has 0 heterocycles. The fourth-order valence-electron chi connectivity index (χ4n) is 2.52. The summed E-state index contributed by atoms with van der Waals surface area (Å²) >= 11 is 0. The van der Waals surface area contributed by atoms with Gasteiger partial charge in [0.25, 0.3) is 0 Å². The lowest BCUT2D eigenvalue weighted by atomic mass is 10.1. The van der Waals surface area contributed by atoms with E-state index in [1.165, 1.54) is 6.42 Å². The van der Waals surface area contributed by atoms with Crippen molar-refractivity contribution < 1.29 is 4.79 Å². The molecular formula is C19H30N4O. The molecule has 0 bridgehead atoms. The molecule has 0 aromatic heterocycles. The minimum Gasteiger partial charge on any atom is -0.357 e. The number of aliphatic imine (C=N–C) groups is 1. The molecule has 0 spiro atoms. The second kappa shape index (κ2) is 8.71. The van der Waals surface area contributed by atoms with Crippen LogP contribution in [0.5, 0.6) is 0 Å². The lowest BCUT2D eigenvalue weighted by Gasteiger charge is -2.11. The fraction of sp³-hybridized carbons (Fsp3) is 0.579. The van der Waals surface area contributed by atoms with Gasteiger partial charge in [-0.1, -0.05) is 32.9 Å². The van der Waals surface area contributed by atoms with Crippen LogP contribution in [0.2, 0.25) is 0 Å². The van der Waals surface area contributed by atoms with Gasteiger partial charge in [-0.2, -0.15) is 0 Å².